The number of pyridine rings is 1. The summed E-state index contributed by atoms with van der Waals surface area (Å²) in [6, 6.07) is 20.9. The van der Waals surface area contributed by atoms with Crippen LogP contribution in [0.1, 0.15) is 43.4 Å². The number of halogens is 1. The summed E-state index contributed by atoms with van der Waals surface area (Å²) in [6.45, 7) is 3.13. The molecule has 3 aromatic rings. The lowest BCUT2D eigenvalue weighted by molar-refractivity contribution is -0.120. The molecule has 2 aromatic carbocycles. The number of methoxy groups -OCH3 is 1. The molecule has 1 saturated carbocycles. The molecule has 1 aliphatic rings. The van der Waals surface area contributed by atoms with Gasteiger partial charge in [0, 0.05) is 42.9 Å². The highest BCUT2D eigenvalue weighted by atomic mass is 19.1. The summed E-state index contributed by atoms with van der Waals surface area (Å²) < 4.78 is 18.8. The van der Waals surface area contributed by atoms with Crippen LogP contribution in [0.15, 0.2) is 66.7 Å². The maximum Gasteiger partial charge on any atom is 0.230 e. The van der Waals surface area contributed by atoms with Gasteiger partial charge in [0.15, 0.2) is 0 Å². The molecule has 1 fully saturated rings. The van der Waals surface area contributed by atoms with Crippen molar-refractivity contribution in [2.45, 2.75) is 44.8 Å². The summed E-state index contributed by atoms with van der Waals surface area (Å²) in [4.78, 5) is 19.3. The molecular formula is C28H32FN3O2. The normalized spacial score (nSPS) is 17.9. The second kappa shape index (κ2) is 10.9. The van der Waals surface area contributed by atoms with Gasteiger partial charge in [-0.05, 0) is 53.8 Å². The topological polar surface area (TPSA) is 68.5 Å². The fraction of sp³-hybridized carbons (Fsp3) is 0.357. The number of nitrogens with two attached hydrogens (primary N) is 1. The van der Waals surface area contributed by atoms with Gasteiger partial charge in [0.1, 0.15) is 0 Å². The van der Waals surface area contributed by atoms with E-state index < -0.39 is 5.95 Å². The summed E-state index contributed by atoms with van der Waals surface area (Å²) in [6.07, 6.45) is 2.48. The maximum atomic E-state index is 13.6. The molecule has 0 saturated heterocycles. The Morgan fingerprint density at radius 1 is 1.12 bits per heavy atom. The van der Waals surface area contributed by atoms with Crippen molar-refractivity contribution >= 4 is 11.6 Å². The van der Waals surface area contributed by atoms with Crippen molar-refractivity contribution in [2.24, 2.45) is 11.7 Å². The van der Waals surface area contributed by atoms with E-state index in [1.165, 1.54) is 6.07 Å². The minimum atomic E-state index is -0.511. The van der Waals surface area contributed by atoms with Crippen molar-refractivity contribution < 1.29 is 13.9 Å². The van der Waals surface area contributed by atoms with Gasteiger partial charge < -0.3 is 15.4 Å². The minimum absolute atomic E-state index is 0.0271. The Morgan fingerprint density at radius 3 is 2.41 bits per heavy atom. The molecule has 1 aliphatic carbocycles. The second-order valence-electron chi connectivity index (χ2n) is 9.01. The zero-order valence-electron chi connectivity index (χ0n) is 19.8. The zero-order valence-corrected chi connectivity index (χ0v) is 19.8. The standard InChI is InChI=1S/C28H32FN3O2/c1-3-5-22(30)17-32(28(33)25-16-24(25)26-6-4-7-27(29)31-26)23-14-12-21(13-15-23)20-10-8-19(9-11-20)18-34-2/h4,6-15,22,24-25H,3,5,16-18,30H2,1-2H3/t22-,24+,25?/m0/s1. The van der Waals surface area contributed by atoms with E-state index in [-0.39, 0.29) is 23.8 Å². The van der Waals surface area contributed by atoms with Crippen LogP contribution in [0, 0.1) is 11.9 Å². The summed E-state index contributed by atoms with van der Waals surface area (Å²) in [7, 11) is 1.69. The highest BCUT2D eigenvalue weighted by Gasteiger charge is 2.47. The van der Waals surface area contributed by atoms with Gasteiger partial charge in [-0.15, -0.1) is 0 Å². The first-order valence-corrected chi connectivity index (χ1v) is 11.9. The van der Waals surface area contributed by atoms with Crippen LogP contribution in [0.2, 0.25) is 0 Å². The SMILES string of the molecule is CCC[C@H](N)CN(C(=O)C1C[C@H]1c1cccc(F)n1)c1ccc(-c2ccc(COC)cc2)cc1. The molecule has 5 nitrogen and oxygen atoms in total. The summed E-state index contributed by atoms with van der Waals surface area (Å²) in [5.74, 6) is -0.725. The third-order valence-electron chi connectivity index (χ3n) is 6.34. The zero-order chi connectivity index (χ0) is 24.1. The van der Waals surface area contributed by atoms with E-state index in [9.17, 15) is 9.18 Å². The molecular weight excluding hydrogens is 429 g/mol. The Kier molecular flexibility index (Phi) is 7.70. The quantitative estimate of drug-likeness (QED) is 0.416. The van der Waals surface area contributed by atoms with E-state index in [4.69, 9.17) is 10.5 Å². The van der Waals surface area contributed by atoms with Crippen molar-refractivity contribution in [3.63, 3.8) is 0 Å². The van der Waals surface area contributed by atoms with Crippen LogP contribution in [-0.4, -0.2) is 30.6 Å². The van der Waals surface area contributed by atoms with Crippen LogP contribution >= 0.6 is 0 Å². The molecule has 6 heteroatoms. The summed E-state index contributed by atoms with van der Waals surface area (Å²) >= 11 is 0. The van der Waals surface area contributed by atoms with Crippen molar-refractivity contribution in [1.29, 1.82) is 0 Å². The molecule has 4 rings (SSSR count). The van der Waals surface area contributed by atoms with E-state index in [1.807, 2.05) is 24.3 Å². The van der Waals surface area contributed by atoms with Gasteiger partial charge in [0.25, 0.3) is 0 Å². The van der Waals surface area contributed by atoms with Gasteiger partial charge in [-0.1, -0.05) is 55.8 Å². The number of hydrogen-bond acceptors (Lipinski definition) is 4. The molecule has 178 valence electrons. The third-order valence-corrected chi connectivity index (χ3v) is 6.34. The monoisotopic (exact) mass is 461 g/mol. The van der Waals surface area contributed by atoms with E-state index in [0.29, 0.717) is 25.3 Å². The van der Waals surface area contributed by atoms with Crippen LogP contribution in [0.4, 0.5) is 10.1 Å². The maximum absolute atomic E-state index is 13.6. The number of hydrogen-bond donors (Lipinski definition) is 1. The Balaban J connectivity index is 1.53. The van der Waals surface area contributed by atoms with E-state index in [0.717, 1.165) is 35.2 Å². The van der Waals surface area contributed by atoms with Gasteiger partial charge in [0.05, 0.1) is 6.61 Å². The van der Waals surface area contributed by atoms with E-state index >= 15 is 0 Å². The molecule has 2 N–H and O–H groups in total. The fourth-order valence-electron chi connectivity index (χ4n) is 4.44. The number of nitrogens with zero attached hydrogens (tertiary/aromatic N) is 2. The van der Waals surface area contributed by atoms with Gasteiger partial charge >= 0.3 is 0 Å². The first-order chi connectivity index (χ1) is 16.5. The lowest BCUT2D eigenvalue weighted by Crippen LogP contribution is -2.42. The Hall–Kier alpha value is -3.09. The molecule has 1 aromatic heterocycles. The van der Waals surface area contributed by atoms with E-state index in [2.05, 4.69) is 36.2 Å². The third kappa shape index (κ3) is 5.69. The molecule has 0 radical (unpaired) electrons. The average Bonchev–Trinajstić information content (AvgIpc) is 3.64. The highest BCUT2D eigenvalue weighted by Crippen LogP contribution is 2.48. The molecule has 1 amide bonds. The van der Waals surface area contributed by atoms with Crippen molar-refractivity contribution in [1.82, 2.24) is 4.98 Å². The first-order valence-electron chi connectivity index (χ1n) is 11.9. The Labute approximate surface area is 200 Å². The molecule has 1 heterocycles. The van der Waals surface area contributed by atoms with Crippen LogP contribution in [-0.2, 0) is 16.1 Å². The van der Waals surface area contributed by atoms with Gasteiger partial charge in [-0.2, -0.15) is 4.39 Å². The average molecular weight is 462 g/mol. The molecule has 0 bridgehead atoms. The second-order valence-corrected chi connectivity index (χ2v) is 9.01. The number of carbonyl (C=O) groups excluding carboxylic acids is 1. The number of ether oxygens (including phenoxy) is 1. The molecule has 34 heavy (non-hydrogen) atoms. The number of benzene rings is 2. The predicted octanol–water partition coefficient (Wildman–Crippen LogP) is 5.30. The Morgan fingerprint density at radius 2 is 1.79 bits per heavy atom. The number of rotatable bonds is 10. The Bertz CT molecular complexity index is 1100. The number of anilines is 1. The first kappa shape index (κ1) is 24.0. The van der Waals surface area contributed by atoms with Crippen LogP contribution < -0.4 is 10.6 Å². The molecule has 1 unspecified atom stereocenters. The van der Waals surface area contributed by atoms with Gasteiger partial charge in [0.2, 0.25) is 11.9 Å². The number of amides is 1. The summed E-state index contributed by atoms with van der Waals surface area (Å²) in [5, 5.41) is 0. The molecule has 0 aliphatic heterocycles. The molecule has 3 atom stereocenters. The number of carbonyl (C=O) groups is 1. The van der Waals surface area contributed by atoms with Crippen molar-refractivity contribution in [3.8, 4) is 11.1 Å². The lowest BCUT2D eigenvalue weighted by Gasteiger charge is -2.26. The predicted molar refractivity (Wildman–Crippen MR) is 133 cm³/mol. The van der Waals surface area contributed by atoms with Crippen molar-refractivity contribution in [3.05, 3.63) is 83.9 Å². The lowest BCUT2D eigenvalue weighted by atomic mass is 10.0. The highest BCUT2D eigenvalue weighted by molar-refractivity contribution is 5.97. The largest absolute Gasteiger partial charge is 0.380 e. The van der Waals surface area contributed by atoms with Gasteiger partial charge in [-0.25, -0.2) is 4.98 Å². The fourth-order valence-corrected chi connectivity index (χ4v) is 4.44. The minimum Gasteiger partial charge on any atom is -0.380 e. The van der Waals surface area contributed by atoms with Crippen LogP contribution in [0.3, 0.4) is 0 Å². The van der Waals surface area contributed by atoms with Crippen molar-refractivity contribution in [2.75, 3.05) is 18.6 Å². The van der Waals surface area contributed by atoms with Crippen LogP contribution in [0.25, 0.3) is 11.1 Å². The van der Waals surface area contributed by atoms with Gasteiger partial charge in [-0.3, -0.25) is 4.79 Å². The number of aromatic nitrogens is 1. The van der Waals surface area contributed by atoms with Crippen LogP contribution in [0.5, 0.6) is 0 Å². The molecule has 0 spiro atoms. The summed E-state index contributed by atoms with van der Waals surface area (Å²) in [5.41, 5.74) is 11.1. The smallest absolute Gasteiger partial charge is 0.230 e. The van der Waals surface area contributed by atoms with E-state index in [1.54, 1.807) is 24.1 Å².